The normalized spacial score (nSPS) is 10.8. The van der Waals surface area contributed by atoms with Gasteiger partial charge in [-0.05, 0) is 42.9 Å². The van der Waals surface area contributed by atoms with Crippen molar-refractivity contribution in [1.82, 2.24) is 0 Å². The van der Waals surface area contributed by atoms with Gasteiger partial charge < -0.3 is 0 Å². The number of aryl methyl sites for hydroxylation is 2. The molecule has 0 unspecified atom stereocenters. The minimum atomic E-state index is 1.25. The molecule has 0 aliphatic carbocycles. The van der Waals surface area contributed by atoms with E-state index in [0.717, 1.165) is 0 Å². The molecule has 0 atom stereocenters. The second-order valence-electron chi connectivity index (χ2n) is 5.48. The Morgan fingerprint density at radius 2 is 1.50 bits per heavy atom. The first-order valence-corrected chi connectivity index (χ1v) is 7.87. The van der Waals surface area contributed by atoms with Crippen LogP contribution in [0.3, 0.4) is 0 Å². The lowest BCUT2D eigenvalue weighted by molar-refractivity contribution is 0.606. The molecule has 0 heteroatoms. The van der Waals surface area contributed by atoms with E-state index >= 15 is 0 Å². The maximum atomic E-state index is 2.34. The number of unbranched alkanes of at least 4 members (excludes halogenated alkanes) is 5. The number of hydrogen-bond acceptors (Lipinski definition) is 0. The van der Waals surface area contributed by atoms with E-state index in [-0.39, 0.29) is 0 Å². The van der Waals surface area contributed by atoms with E-state index in [1.807, 2.05) is 0 Å². The Kier molecular flexibility index (Phi) is 7.80. The molecule has 0 aliphatic heterocycles. The van der Waals surface area contributed by atoms with Crippen LogP contribution in [0.5, 0.6) is 0 Å². The first-order chi connectivity index (χ1) is 8.79. The molecule has 0 amide bonds. The van der Waals surface area contributed by atoms with Gasteiger partial charge in [-0.3, -0.25) is 0 Å². The minimum Gasteiger partial charge on any atom is -0.0654 e. The topological polar surface area (TPSA) is 0 Å². The number of hydrogen-bond donors (Lipinski definition) is 0. The quantitative estimate of drug-likeness (QED) is 0.479. The summed E-state index contributed by atoms with van der Waals surface area (Å²) in [5.41, 5.74) is 4.71. The highest BCUT2D eigenvalue weighted by atomic mass is 14.1. The summed E-state index contributed by atoms with van der Waals surface area (Å²) in [4.78, 5) is 0. The number of rotatable bonds is 9. The lowest BCUT2D eigenvalue weighted by Gasteiger charge is -2.11. The highest BCUT2D eigenvalue weighted by Gasteiger charge is 2.04. The van der Waals surface area contributed by atoms with Crippen LogP contribution in [0.25, 0.3) is 0 Å². The molecule has 0 spiro atoms. The van der Waals surface area contributed by atoms with Crippen molar-refractivity contribution in [2.24, 2.45) is 0 Å². The van der Waals surface area contributed by atoms with Crippen molar-refractivity contribution in [3.8, 4) is 0 Å². The summed E-state index contributed by atoms with van der Waals surface area (Å²) in [6, 6.07) is 6.82. The summed E-state index contributed by atoms with van der Waals surface area (Å²) < 4.78 is 0. The standard InChI is InChI=1S/C18H30/c1-4-6-7-8-9-10-14-17-15-11-13-16(3)18(17)12-5-2/h11,13,15H,4-10,12,14H2,1-3H3. The predicted molar refractivity (Wildman–Crippen MR) is 82.3 cm³/mol. The first kappa shape index (κ1) is 15.3. The van der Waals surface area contributed by atoms with Crippen molar-refractivity contribution in [3.05, 3.63) is 34.9 Å². The van der Waals surface area contributed by atoms with Crippen molar-refractivity contribution in [1.29, 1.82) is 0 Å². The molecule has 0 nitrogen and oxygen atoms in total. The predicted octanol–water partition coefficient (Wildman–Crippen LogP) is 5.85. The monoisotopic (exact) mass is 246 g/mol. The van der Waals surface area contributed by atoms with Gasteiger partial charge in [-0.15, -0.1) is 0 Å². The van der Waals surface area contributed by atoms with Crippen LogP contribution in [0.1, 0.15) is 75.5 Å². The van der Waals surface area contributed by atoms with Crippen LogP contribution >= 0.6 is 0 Å². The molecule has 18 heavy (non-hydrogen) atoms. The van der Waals surface area contributed by atoms with E-state index in [4.69, 9.17) is 0 Å². The van der Waals surface area contributed by atoms with Gasteiger partial charge in [0.1, 0.15) is 0 Å². The Bertz CT molecular complexity index is 325. The van der Waals surface area contributed by atoms with Crippen LogP contribution < -0.4 is 0 Å². The smallest absolute Gasteiger partial charge is 0.0276 e. The van der Waals surface area contributed by atoms with Crippen molar-refractivity contribution in [2.45, 2.75) is 78.6 Å². The second-order valence-corrected chi connectivity index (χ2v) is 5.48. The van der Waals surface area contributed by atoms with E-state index in [9.17, 15) is 0 Å². The molecule has 0 aromatic heterocycles. The van der Waals surface area contributed by atoms with E-state index in [1.165, 1.54) is 63.4 Å². The van der Waals surface area contributed by atoms with Crippen LogP contribution in [0.2, 0.25) is 0 Å². The Morgan fingerprint density at radius 3 is 2.22 bits per heavy atom. The maximum Gasteiger partial charge on any atom is -0.0276 e. The summed E-state index contributed by atoms with van der Waals surface area (Å²) in [5, 5.41) is 0. The third-order valence-corrected chi connectivity index (χ3v) is 3.81. The summed E-state index contributed by atoms with van der Waals surface area (Å²) in [6.45, 7) is 6.82. The Morgan fingerprint density at radius 1 is 0.778 bits per heavy atom. The minimum absolute atomic E-state index is 1.25. The first-order valence-electron chi connectivity index (χ1n) is 7.87. The number of benzene rings is 1. The van der Waals surface area contributed by atoms with E-state index in [1.54, 1.807) is 11.1 Å². The molecule has 1 aromatic carbocycles. The molecule has 1 rings (SSSR count). The zero-order chi connectivity index (χ0) is 13.2. The van der Waals surface area contributed by atoms with Gasteiger partial charge in [0.25, 0.3) is 0 Å². The highest BCUT2D eigenvalue weighted by molar-refractivity contribution is 5.34. The van der Waals surface area contributed by atoms with Crippen molar-refractivity contribution in [3.63, 3.8) is 0 Å². The van der Waals surface area contributed by atoms with Crippen LogP contribution in [0.15, 0.2) is 18.2 Å². The Labute approximate surface area is 114 Å². The van der Waals surface area contributed by atoms with Crippen molar-refractivity contribution >= 4 is 0 Å². The van der Waals surface area contributed by atoms with E-state index < -0.39 is 0 Å². The van der Waals surface area contributed by atoms with Gasteiger partial charge in [-0.1, -0.05) is 70.6 Å². The molecule has 1 aromatic rings. The van der Waals surface area contributed by atoms with Crippen LogP contribution in [0.4, 0.5) is 0 Å². The molecule has 0 N–H and O–H groups in total. The molecule has 0 saturated heterocycles. The van der Waals surface area contributed by atoms with Crippen LogP contribution in [-0.4, -0.2) is 0 Å². The van der Waals surface area contributed by atoms with Gasteiger partial charge in [0.05, 0.1) is 0 Å². The van der Waals surface area contributed by atoms with Crippen molar-refractivity contribution < 1.29 is 0 Å². The molecule has 0 aliphatic rings. The molecule has 102 valence electrons. The summed E-state index contributed by atoms with van der Waals surface area (Å²) in [5.74, 6) is 0. The van der Waals surface area contributed by atoms with Gasteiger partial charge in [-0.25, -0.2) is 0 Å². The lowest BCUT2D eigenvalue weighted by Crippen LogP contribution is -1.97. The van der Waals surface area contributed by atoms with Crippen LogP contribution in [-0.2, 0) is 12.8 Å². The third-order valence-electron chi connectivity index (χ3n) is 3.81. The van der Waals surface area contributed by atoms with E-state index in [0.29, 0.717) is 0 Å². The SMILES string of the molecule is CCCCCCCCc1cccc(C)c1CCC. The Hall–Kier alpha value is -0.780. The molecule has 0 fully saturated rings. The molecule has 0 heterocycles. The third kappa shape index (κ3) is 5.25. The summed E-state index contributed by atoms with van der Waals surface area (Å²) in [6.07, 6.45) is 12.2. The zero-order valence-electron chi connectivity index (χ0n) is 12.6. The fraction of sp³-hybridized carbons (Fsp3) is 0.667. The van der Waals surface area contributed by atoms with Gasteiger partial charge in [0.2, 0.25) is 0 Å². The van der Waals surface area contributed by atoms with Gasteiger partial charge in [0.15, 0.2) is 0 Å². The summed E-state index contributed by atoms with van der Waals surface area (Å²) in [7, 11) is 0. The molecular weight excluding hydrogens is 216 g/mol. The van der Waals surface area contributed by atoms with Gasteiger partial charge in [-0.2, -0.15) is 0 Å². The summed E-state index contributed by atoms with van der Waals surface area (Å²) >= 11 is 0. The molecule has 0 saturated carbocycles. The molecule has 0 bridgehead atoms. The second kappa shape index (κ2) is 9.19. The fourth-order valence-corrected chi connectivity index (χ4v) is 2.70. The van der Waals surface area contributed by atoms with Crippen LogP contribution in [0, 0.1) is 6.92 Å². The largest absolute Gasteiger partial charge is 0.0654 e. The molecule has 0 radical (unpaired) electrons. The maximum absolute atomic E-state index is 2.34. The average Bonchev–Trinajstić information content (AvgIpc) is 2.37. The zero-order valence-corrected chi connectivity index (χ0v) is 12.6. The van der Waals surface area contributed by atoms with Gasteiger partial charge >= 0.3 is 0 Å². The lowest BCUT2D eigenvalue weighted by atomic mass is 9.94. The fourth-order valence-electron chi connectivity index (χ4n) is 2.70. The average molecular weight is 246 g/mol. The highest BCUT2D eigenvalue weighted by Crippen LogP contribution is 2.19. The Balaban J connectivity index is 2.39. The molecular formula is C18H30. The van der Waals surface area contributed by atoms with E-state index in [2.05, 4.69) is 39.0 Å². The van der Waals surface area contributed by atoms with Gasteiger partial charge in [0, 0.05) is 0 Å². The van der Waals surface area contributed by atoms with Crippen molar-refractivity contribution in [2.75, 3.05) is 0 Å².